The fourth-order valence-corrected chi connectivity index (χ4v) is 4.74. The maximum Gasteiger partial charge on any atom is 0.417 e. The van der Waals surface area contributed by atoms with Crippen LogP contribution in [0.1, 0.15) is 37.8 Å². The summed E-state index contributed by atoms with van der Waals surface area (Å²) in [5, 5.41) is 2.14. The fourth-order valence-electron chi connectivity index (χ4n) is 3.40. The van der Waals surface area contributed by atoms with Crippen LogP contribution < -0.4 is 9.62 Å². The predicted octanol–water partition coefficient (Wildman–Crippen LogP) is 5.22. The van der Waals surface area contributed by atoms with Gasteiger partial charge in [-0.15, -0.1) is 0 Å². The summed E-state index contributed by atoms with van der Waals surface area (Å²) in [6, 6.07) is 8.57. The van der Waals surface area contributed by atoms with Gasteiger partial charge in [0.15, 0.2) is 0 Å². The molecule has 0 aromatic heterocycles. The summed E-state index contributed by atoms with van der Waals surface area (Å²) in [4.78, 5) is 27.4. The van der Waals surface area contributed by atoms with Gasteiger partial charge in [-0.2, -0.15) is 13.2 Å². The molecule has 0 aliphatic rings. The number of anilines is 1. The van der Waals surface area contributed by atoms with Gasteiger partial charge in [-0.25, -0.2) is 8.42 Å². The van der Waals surface area contributed by atoms with E-state index in [1.165, 1.54) is 11.8 Å². The number of hydrogen-bond donors (Lipinski definition) is 1. The molecule has 1 N–H and O–H groups in total. The van der Waals surface area contributed by atoms with Gasteiger partial charge >= 0.3 is 6.18 Å². The molecular weight excluding hydrogens is 599 g/mol. The number of rotatable bonds is 11. The normalized spacial score (nSPS) is 12.6. The largest absolute Gasteiger partial charge is 0.417 e. The van der Waals surface area contributed by atoms with Gasteiger partial charge in [0.1, 0.15) is 12.6 Å². The van der Waals surface area contributed by atoms with Crippen molar-refractivity contribution in [3.05, 3.63) is 63.1 Å². The predicted molar refractivity (Wildman–Crippen MR) is 141 cm³/mol. The number of nitrogens with one attached hydrogen (secondary N) is 1. The molecule has 1 atom stereocenters. The number of sulfonamides is 1. The number of nitrogens with zero attached hydrogens (tertiary/aromatic N) is 2. The highest BCUT2D eigenvalue weighted by molar-refractivity contribution is 9.10. The van der Waals surface area contributed by atoms with E-state index in [-0.39, 0.29) is 12.2 Å². The third-order valence-electron chi connectivity index (χ3n) is 5.49. The average Bonchev–Trinajstić information content (AvgIpc) is 2.80. The van der Waals surface area contributed by atoms with E-state index in [0.29, 0.717) is 22.5 Å². The molecule has 0 saturated heterocycles. The van der Waals surface area contributed by atoms with Gasteiger partial charge in [-0.3, -0.25) is 13.9 Å². The summed E-state index contributed by atoms with van der Waals surface area (Å²) in [6.45, 7) is 3.02. The Kier molecular flexibility index (Phi) is 10.8. The van der Waals surface area contributed by atoms with Crippen molar-refractivity contribution in [1.29, 1.82) is 0 Å². The molecule has 0 saturated carbocycles. The van der Waals surface area contributed by atoms with Gasteiger partial charge in [0.2, 0.25) is 21.8 Å². The van der Waals surface area contributed by atoms with Gasteiger partial charge in [0, 0.05) is 17.6 Å². The lowest BCUT2D eigenvalue weighted by molar-refractivity contribution is -0.139. The molecule has 0 fully saturated rings. The van der Waals surface area contributed by atoms with E-state index < -0.39 is 51.2 Å². The Labute approximate surface area is 228 Å². The minimum Gasteiger partial charge on any atom is -0.354 e. The van der Waals surface area contributed by atoms with Gasteiger partial charge in [0.25, 0.3) is 0 Å². The summed E-state index contributed by atoms with van der Waals surface area (Å²) in [5.74, 6) is -1.20. The first-order valence-electron chi connectivity index (χ1n) is 11.3. The molecule has 2 rings (SSSR count). The van der Waals surface area contributed by atoms with Crippen LogP contribution in [0, 0.1) is 0 Å². The minimum absolute atomic E-state index is 0.0273. The number of unbranched alkanes of at least 4 members (excludes halogenated alkanes) is 1. The van der Waals surface area contributed by atoms with Crippen molar-refractivity contribution in [3.63, 3.8) is 0 Å². The maximum atomic E-state index is 13.5. The Hall–Kier alpha value is -2.31. The Morgan fingerprint density at radius 1 is 1.14 bits per heavy atom. The third kappa shape index (κ3) is 8.89. The van der Waals surface area contributed by atoms with Crippen molar-refractivity contribution < 1.29 is 31.2 Å². The lowest BCUT2D eigenvalue weighted by Crippen LogP contribution is -2.51. The highest BCUT2D eigenvalue weighted by atomic mass is 79.9. The monoisotopic (exact) mass is 625 g/mol. The van der Waals surface area contributed by atoms with E-state index in [1.807, 2.05) is 6.92 Å². The zero-order chi connectivity index (χ0) is 28.0. The molecule has 0 aliphatic carbocycles. The van der Waals surface area contributed by atoms with Gasteiger partial charge in [-0.05, 0) is 49.2 Å². The van der Waals surface area contributed by atoms with Crippen LogP contribution in [0.3, 0.4) is 0 Å². The Morgan fingerprint density at radius 3 is 2.30 bits per heavy atom. The van der Waals surface area contributed by atoms with E-state index in [2.05, 4.69) is 21.2 Å². The second kappa shape index (κ2) is 13.0. The van der Waals surface area contributed by atoms with Gasteiger partial charge < -0.3 is 10.2 Å². The number of carbonyl (C=O) groups excluding carboxylic acids is 2. The van der Waals surface area contributed by atoms with E-state index in [4.69, 9.17) is 11.6 Å². The summed E-state index contributed by atoms with van der Waals surface area (Å²) in [6.07, 6.45) is -2.47. The Morgan fingerprint density at radius 2 is 1.76 bits per heavy atom. The first-order chi connectivity index (χ1) is 17.1. The number of amides is 2. The number of benzene rings is 2. The van der Waals surface area contributed by atoms with Crippen molar-refractivity contribution in [1.82, 2.24) is 10.2 Å². The average molecular weight is 627 g/mol. The van der Waals surface area contributed by atoms with E-state index in [9.17, 15) is 31.2 Å². The molecule has 7 nitrogen and oxygen atoms in total. The minimum atomic E-state index is -4.83. The number of alkyl halides is 3. The molecule has 1 unspecified atom stereocenters. The van der Waals surface area contributed by atoms with Crippen LogP contribution in [0.5, 0.6) is 0 Å². The van der Waals surface area contributed by atoms with Crippen LogP contribution in [-0.2, 0) is 32.3 Å². The molecule has 204 valence electrons. The SMILES string of the molecule is CCCCNC(=O)C(C)N(Cc1ccc(Br)cc1)C(=O)CN(c1ccc(Cl)c(C(F)(F)F)c1)S(C)(=O)=O. The van der Waals surface area contributed by atoms with Gasteiger partial charge in [-0.1, -0.05) is 53.0 Å². The summed E-state index contributed by atoms with van der Waals surface area (Å²) < 4.78 is 66.7. The third-order valence-corrected chi connectivity index (χ3v) is 7.48. The molecule has 13 heteroatoms. The number of hydrogen-bond acceptors (Lipinski definition) is 4. The molecule has 37 heavy (non-hydrogen) atoms. The van der Waals surface area contributed by atoms with Crippen LogP contribution in [0.4, 0.5) is 18.9 Å². The summed E-state index contributed by atoms with van der Waals surface area (Å²) in [7, 11) is -4.19. The maximum absolute atomic E-state index is 13.5. The van der Waals surface area contributed by atoms with Crippen molar-refractivity contribution in [2.24, 2.45) is 0 Å². The van der Waals surface area contributed by atoms with E-state index in [0.717, 1.165) is 35.7 Å². The Balaban J connectivity index is 2.43. The highest BCUT2D eigenvalue weighted by Gasteiger charge is 2.35. The topological polar surface area (TPSA) is 86.8 Å². The lowest BCUT2D eigenvalue weighted by Gasteiger charge is -2.31. The van der Waals surface area contributed by atoms with Crippen LogP contribution >= 0.6 is 27.5 Å². The zero-order valence-electron chi connectivity index (χ0n) is 20.5. The van der Waals surface area contributed by atoms with Crippen LogP contribution in [-0.4, -0.2) is 50.5 Å². The van der Waals surface area contributed by atoms with Crippen molar-refractivity contribution in [2.45, 2.75) is 45.5 Å². The number of carbonyl (C=O) groups is 2. The molecular formula is C24H28BrClF3N3O4S. The highest BCUT2D eigenvalue weighted by Crippen LogP contribution is 2.37. The van der Waals surface area contributed by atoms with Crippen LogP contribution in [0.25, 0.3) is 0 Å². The van der Waals surface area contributed by atoms with Gasteiger partial charge in [0.05, 0.1) is 22.5 Å². The quantitative estimate of drug-likeness (QED) is 0.347. The molecule has 0 heterocycles. The van der Waals surface area contributed by atoms with E-state index in [1.54, 1.807) is 24.3 Å². The lowest BCUT2D eigenvalue weighted by atomic mass is 10.1. The first-order valence-corrected chi connectivity index (χ1v) is 14.3. The Bertz CT molecular complexity index is 1210. The molecule has 2 aromatic carbocycles. The second-order valence-corrected chi connectivity index (χ2v) is 11.6. The summed E-state index contributed by atoms with van der Waals surface area (Å²) >= 11 is 9.00. The zero-order valence-corrected chi connectivity index (χ0v) is 23.6. The smallest absolute Gasteiger partial charge is 0.354 e. The molecule has 0 radical (unpaired) electrons. The first kappa shape index (κ1) is 30.9. The molecule has 0 aliphatic heterocycles. The fraction of sp³-hybridized carbons (Fsp3) is 0.417. The molecule has 2 amide bonds. The molecule has 2 aromatic rings. The van der Waals surface area contributed by atoms with Crippen molar-refractivity contribution in [2.75, 3.05) is 23.7 Å². The number of halogens is 5. The summed E-state index contributed by atoms with van der Waals surface area (Å²) in [5.41, 5.74) is -0.944. The van der Waals surface area contributed by atoms with E-state index >= 15 is 0 Å². The second-order valence-electron chi connectivity index (χ2n) is 8.40. The van der Waals surface area contributed by atoms with Crippen molar-refractivity contribution in [3.8, 4) is 0 Å². The van der Waals surface area contributed by atoms with Crippen molar-refractivity contribution >= 4 is 55.1 Å². The standard InChI is InChI=1S/C24H28BrClF3N3O4S/c1-4-5-12-30-23(34)16(2)31(14-17-6-8-18(25)9-7-17)22(33)15-32(37(3,35)36)19-10-11-21(26)20(13-19)24(27,28)29/h6-11,13,16H,4-5,12,14-15H2,1-3H3,(H,30,34). The molecule has 0 bridgehead atoms. The molecule has 0 spiro atoms. The van der Waals surface area contributed by atoms with Crippen LogP contribution in [0.15, 0.2) is 46.9 Å². The van der Waals surface area contributed by atoms with Crippen LogP contribution in [0.2, 0.25) is 5.02 Å².